The largest absolute Gasteiger partial charge is 0.490 e. The maximum atomic E-state index is 6.44. The summed E-state index contributed by atoms with van der Waals surface area (Å²) in [6.45, 7) is 11.3. The Balaban J connectivity index is 2.05. The minimum atomic E-state index is 0.145. The van der Waals surface area contributed by atoms with Crippen molar-refractivity contribution in [1.82, 2.24) is 0 Å². The lowest BCUT2D eigenvalue weighted by Gasteiger charge is -2.23. The Morgan fingerprint density at radius 1 is 1.10 bits per heavy atom. The summed E-state index contributed by atoms with van der Waals surface area (Å²) in [5.41, 5.74) is 4.98. The van der Waals surface area contributed by atoms with Crippen molar-refractivity contribution in [1.29, 1.82) is 0 Å². The van der Waals surface area contributed by atoms with E-state index in [1.807, 2.05) is 24.4 Å². The average molecular weight is 420 g/mol. The van der Waals surface area contributed by atoms with Gasteiger partial charge in [0.05, 0.1) is 11.8 Å². The minimum absolute atomic E-state index is 0.145. The van der Waals surface area contributed by atoms with E-state index in [1.54, 1.807) is 0 Å². The van der Waals surface area contributed by atoms with Gasteiger partial charge in [0.1, 0.15) is 5.75 Å². The zero-order valence-corrected chi connectivity index (χ0v) is 20.2. The van der Waals surface area contributed by atoms with Crippen LogP contribution in [0, 0.1) is 11.8 Å². The van der Waals surface area contributed by atoms with E-state index in [0.717, 1.165) is 29.3 Å². The van der Waals surface area contributed by atoms with E-state index in [9.17, 15) is 0 Å². The van der Waals surface area contributed by atoms with Crippen molar-refractivity contribution in [2.45, 2.75) is 91.6 Å². The first kappa shape index (κ1) is 23.6. The van der Waals surface area contributed by atoms with Crippen molar-refractivity contribution >= 4 is 11.9 Å². The molecule has 0 N–H and O–H groups in total. The highest BCUT2D eigenvalue weighted by atomic mass is 16.5. The molecular formula is C29H41NO. The van der Waals surface area contributed by atoms with Gasteiger partial charge in [0, 0.05) is 11.8 Å². The molecule has 0 aliphatic heterocycles. The molecule has 31 heavy (non-hydrogen) atoms. The third kappa shape index (κ3) is 6.69. The molecule has 2 nitrogen and oxygen atoms in total. The lowest BCUT2D eigenvalue weighted by atomic mass is 9.87. The normalized spacial score (nSPS) is 19.9. The molecule has 3 rings (SSSR count). The van der Waals surface area contributed by atoms with Crippen LogP contribution in [-0.4, -0.2) is 12.3 Å². The van der Waals surface area contributed by atoms with Crippen molar-refractivity contribution in [3.8, 4) is 5.75 Å². The number of nitrogens with zero attached hydrogens (tertiary/aromatic N) is 1. The van der Waals surface area contributed by atoms with Crippen LogP contribution >= 0.6 is 0 Å². The molecule has 0 radical (unpaired) electrons. The van der Waals surface area contributed by atoms with E-state index in [-0.39, 0.29) is 6.10 Å². The standard InChI is InChI=1S/C29H41NO/c1-6-11-23(7-2)17-26-18-25(24-15-14-22(5)16-24)19-27(29(26)31-21(3)4)20-30-28-12-9-8-10-13-28/h8-10,12-13,18-24H,6-7,11,14-17H2,1-5H3. The summed E-state index contributed by atoms with van der Waals surface area (Å²) in [5, 5.41) is 0. The number of para-hydroxylation sites is 1. The molecule has 2 heteroatoms. The van der Waals surface area contributed by atoms with Crippen LogP contribution in [-0.2, 0) is 6.42 Å². The molecule has 168 valence electrons. The van der Waals surface area contributed by atoms with Crippen LogP contribution in [0.4, 0.5) is 5.69 Å². The van der Waals surface area contributed by atoms with Crippen molar-refractivity contribution in [2.75, 3.05) is 0 Å². The summed E-state index contributed by atoms with van der Waals surface area (Å²) in [4.78, 5) is 4.80. The van der Waals surface area contributed by atoms with Crippen LogP contribution in [0.15, 0.2) is 47.5 Å². The summed E-state index contributed by atoms with van der Waals surface area (Å²) in [5.74, 6) is 3.23. The van der Waals surface area contributed by atoms with Gasteiger partial charge in [-0.15, -0.1) is 0 Å². The molecule has 0 aromatic heterocycles. The SMILES string of the molecule is CCCC(CC)Cc1cc(C2CCC(C)C2)cc(C=Nc2ccccc2)c1OC(C)C. The molecule has 1 fully saturated rings. The van der Waals surface area contributed by atoms with Gasteiger partial charge in [-0.3, -0.25) is 4.99 Å². The molecule has 2 aromatic carbocycles. The number of aliphatic imine (C=N–C) groups is 1. The number of rotatable bonds is 10. The van der Waals surface area contributed by atoms with E-state index in [0.29, 0.717) is 11.8 Å². The Bertz CT molecular complexity index is 839. The zero-order chi connectivity index (χ0) is 22.2. The first-order valence-electron chi connectivity index (χ1n) is 12.4. The fourth-order valence-electron chi connectivity index (χ4n) is 4.94. The van der Waals surface area contributed by atoms with Gasteiger partial charge in [0.2, 0.25) is 0 Å². The first-order valence-corrected chi connectivity index (χ1v) is 12.4. The van der Waals surface area contributed by atoms with Gasteiger partial charge < -0.3 is 4.74 Å². The van der Waals surface area contributed by atoms with Crippen molar-refractivity contribution in [3.05, 3.63) is 59.2 Å². The molecule has 1 aliphatic rings. The molecule has 0 spiro atoms. The topological polar surface area (TPSA) is 21.6 Å². The highest BCUT2D eigenvalue weighted by Gasteiger charge is 2.25. The quantitative estimate of drug-likeness (QED) is 0.354. The van der Waals surface area contributed by atoms with Gasteiger partial charge in [0.25, 0.3) is 0 Å². The summed E-state index contributed by atoms with van der Waals surface area (Å²) >= 11 is 0. The summed E-state index contributed by atoms with van der Waals surface area (Å²) < 4.78 is 6.44. The third-order valence-corrected chi connectivity index (χ3v) is 6.63. The average Bonchev–Trinajstić information content (AvgIpc) is 3.20. The Hall–Kier alpha value is -2.09. The van der Waals surface area contributed by atoms with Crippen molar-refractivity contribution in [2.24, 2.45) is 16.8 Å². The Morgan fingerprint density at radius 2 is 1.87 bits per heavy atom. The molecule has 2 aromatic rings. The number of hydrogen-bond donors (Lipinski definition) is 0. The first-order chi connectivity index (χ1) is 15.0. The lowest BCUT2D eigenvalue weighted by Crippen LogP contribution is -2.13. The second kappa shape index (κ2) is 11.5. The van der Waals surface area contributed by atoms with Gasteiger partial charge in [-0.1, -0.05) is 70.7 Å². The van der Waals surface area contributed by atoms with E-state index in [1.165, 1.54) is 49.7 Å². The van der Waals surface area contributed by atoms with Gasteiger partial charge in [-0.2, -0.15) is 0 Å². The van der Waals surface area contributed by atoms with Crippen LogP contribution < -0.4 is 4.74 Å². The van der Waals surface area contributed by atoms with Gasteiger partial charge in [-0.25, -0.2) is 0 Å². The summed E-state index contributed by atoms with van der Waals surface area (Å²) in [6, 6.07) is 15.0. The monoisotopic (exact) mass is 419 g/mol. The Labute approximate surface area is 190 Å². The minimum Gasteiger partial charge on any atom is -0.490 e. The second-order valence-corrected chi connectivity index (χ2v) is 9.74. The Kier molecular flexibility index (Phi) is 8.75. The molecule has 1 aliphatic carbocycles. The maximum absolute atomic E-state index is 6.44. The van der Waals surface area contributed by atoms with E-state index in [4.69, 9.17) is 9.73 Å². The Morgan fingerprint density at radius 3 is 2.48 bits per heavy atom. The van der Waals surface area contributed by atoms with Crippen LogP contribution in [0.1, 0.15) is 95.8 Å². The van der Waals surface area contributed by atoms with Crippen LogP contribution in [0.25, 0.3) is 0 Å². The number of benzene rings is 2. The third-order valence-electron chi connectivity index (χ3n) is 6.63. The number of hydrogen-bond acceptors (Lipinski definition) is 2. The molecular weight excluding hydrogens is 378 g/mol. The highest BCUT2D eigenvalue weighted by Crippen LogP contribution is 2.41. The van der Waals surface area contributed by atoms with Crippen LogP contribution in [0.5, 0.6) is 5.75 Å². The summed E-state index contributed by atoms with van der Waals surface area (Å²) in [7, 11) is 0. The smallest absolute Gasteiger partial charge is 0.131 e. The fourth-order valence-corrected chi connectivity index (χ4v) is 4.94. The molecule has 3 atom stereocenters. The zero-order valence-electron chi connectivity index (χ0n) is 20.2. The molecule has 0 saturated heterocycles. The van der Waals surface area contributed by atoms with Gasteiger partial charge in [0.15, 0.2) is 0 Å². The number of ether oxygens (including phenoxy) is 1. The predicted molar refractivity (Wildman–Crippen MR) is 134 cm³/mol. The van der Waals surface area contributed by atoms with Crippen molar-refractivity contribution in [3.63, 3.8) is 0 Å². The molecule has 1 saturated carbocycles. The van der Waals surface area contributed by atoms with Crippen molar-refractivity contribution < 1.29 is 4.74 Å². The maximum Gasteiger partial charge on any atom is 0.131 e. The molecule has 0 heterocycles. The molecule has 3 unspecified atom stereocenters. The van der Waals surface area contributed by atoms with Crippen LogP contribution in [0.3, 0.4) is 0 Å². The van der Waals surface area contributed by atoms with Gasteiger partial charge in [-0.05, 0) is 80.2 Å². The van der Waals surface area contributed by atoms with E-state index < -0.39 is 0 Å². The lowest BCUT2D eigenvalue weighted by molar-refractivity contribution is 0.238. The van der Waals surface area contributed by atoms with E-state index in [2.05, 4.69) is 58.9 Å². The second-order valence-electron chi connectivity index (χ2n) is 9.74. The molecule has 0 bridgehead atoms. The summed E-state index contributed by atoms with van der Waals surface area (Å²) in [6.07, 6.45) is 10.9. The highest BCUT2D eigenvalue weighted by molar-refractivity contribution is 5.86. The van der Waals surface area contributed by atoms with Crippen LogP contribution in [0.2, 0.25) is 0 Å². The fraction of sp³-hybridized carbons (Fsp3) is 0.552. The van der Waals surface area contributed by atoms with E-state index >= 15 is 0 Å². The molecule has 0 amide bonds. The van der Waals surface area contributed by atoms with Gasteiger partial charge >= 0.3 is 0 Å². The predicted octanol–water partition coefficient (Wildman–Crippen LogP) is 8.50.